The molecule has 1 aromatic heterocycles. The fourth-order valence-corrected chi connectivity index (χ4v) is 2.83. The number of carboxylic acid groups (broad SMARTS) is 1. The zero-order valence-corrected chi connectivity index (χ0v) is 13.2. The molecule has 0 saturated heterocycles. The Labute approximate surface area is 133 Å². The maximum absolute atomic E-state index is 11.8. The van der Waals surface area contributed by atoms with Gasteiger partial charge in [0.25, 0.3) is 0 Å². The lowest BCUT2D eigenvalue weighted by molar-refractivity contribution is -0.141. The average Bonchev–Trinajstić information content (AvgIpc) is 2.98. The van der Waals surface area contributed by atoms with Gasteiger partial charge in [0, 0.05) is 11.4 Å². The van der Waals surface area contributed by atoms with Gasteiger partial charge in [-0.3, -0.25) is 9.59 Å². The summed E-state index contributed by atoms with van der Waals surface area (Å²) < 4.78 is 0. The van der Waals surface area contributed by atoms with E-state index in [2.05, 4.69) is 5.32 Å². The summed E-state index contributed by atoms with van der Waals surface area (Å²) in [6.45, 7) is 2.14. The van der Waals surface area contributed by atoms with Gasteiger partial charge in [0.05, 0.1) is 12.3 Å². The Bertz CT molecular complexity index is 620. The van der Waals surface area contributed by atoms with Crippen LogP contribution in [0.15, 0.2) is 41.8 Å². The number of amides is 1. The molecule has 0 aliphatic carbocycles. The van der Waals surface area contributed by atoms with Crippen molar-refractivity contribution in [1.29, 1.82) is 0 Å². The quantitative estimate of drug-likeness (QED) is 0.825. The molecule has 0 fully saturated rings. The van der Waals surface area contributed by atoms with Crippen molar-refractivity contribution >= 4 is 23.2 Å². The van der Waals surface area contributed by atoms with Gasteiger partial charge in [-0.1, -0.05) is 35.9 Å². The third kappa shape index (κ3) is 5.00. The summed E-state index contributed by atoms with van der Waals surface area (Å²) in [6.07, 6.45) is 0.712. The minimum atomic E-state index is -0.892. The SMILES string of the molecule is Cc1ccc(CC(CNC(=O)Cc2cccs2)C(=O)O)cc1. The average molecular weight is 317 g/mol. The number of nitrogens with one attached hydrogen (secondary N) is 1. The first kappa shape index (κ1) is 16.2. The number of benzene rings is 1. The molecule has 0 saturated carbocycles. The van der Waals surface area contributed by atoms with Crippen molar-refractivity contribution in [2.75, 3.05) is 6.54 Å². The molecule has 1 heterocycles. The summed E-state index contributed by atoms with van der Waals surface area (Å²) >= 11 is 1.52. The van der Waals surface area contributed by atoms with Crippen LogP contribution in [0.3, 0.4) is 0 Å². The highest BCUT2D eigenvalue weighted by Gasteiger charge is 2.19. The highest BCUT2D eigenvalue weighted by molar-refractivity contribution is 7.10. The van der Waals surface area contributed by atoms with Crippen LogP contribution >= 0.6 is 11.3 Å². The molecule has 0 spiro atoms. The molecule has 22 heavy (non-hydrogen) atoms. The third-order valence-electron chi connectivity index (χ3n) is 3.41. The number of hydrogen-bond donors (Lipinski definition) is 2. The van der Waals surface area contributed by atoms with Crippen LogP contribution in [0.5, 0.6) is 0 Å². The summed E-state index contributed by atoms with van der Waals surface area (Å²) in [4.78, 5) is 24.2. The molecule has 1 unspecified atom stereocenters. The first-order valence-electron chi connectivity index (χ1n) is 7.12. The van der Waals surface area contributed by atoms with Crippen LogP contribution in [0, 0.1) is 12.8 Å². The summed E-state index contributed by atoms with van der Waals surface area (Å²) in [6, 6.07) is 11.6. The molecule has 0 aliphatic rings. The molecular weight excluding hydrogens is 298 g/mol. The number of aryl methyl sites for hydroxylation is 1. The molecule has 116 valence electrons. The normalized spacial score (nSPS) is 11.9. The Kier molecular flexibility index (Phi) is 5.72. The number of carboxylic acids is 1. The molecule has 2 aromatic rings. The van der Waals surface area contributed by atoms with E-state index in [1.807, 2.05) is 48.7 Å². The van der Waals surface area contributed by atoms with Gasteiger partial charge in [0.15, 0.2) is 0 Å². The van der Waals surface area contributed by atoms with Crippen molar-refractivity contribution < 1.29 is 14.7 Å². The fourth-order valence-electron chi connectivity index (χ4n) is 2.13. The predicted octanol–water partition coefficient (Wildman–Crippen LogP) is 2.66. The van der Waals surface area contributed by atoms with E-state index < -0.39 is 11.9 Å². The minimum Gasteiger partial charge on any atom is -0.481 e. The maximum atomic E-state index is 11.8. The zero-order chi connectivity index (χ0) is 15.9. The van der Waals surface area contributed by atoms with Gasteiger partial charge in [-0.25, -0.2) is 0 Å². The first-order chi connectivity index (χ1) is 10.5. The third-order valence-corrected chi connectivity index (χ3v) is 4.29. The molecule has 0 aliphatic heterocycles. The zero-order valence-electron chi connectivity index (χ0n) is 12.4. The molecule has 4 nitrogen and oxygen atoms in total. The van der Waals surface area contributed by atoms with Crippen molar-refractivity contribution in [2.45, 2.75) is 19.8 Å². The molecule has 1 atom stereocenters. The van der Waals surface area contributed by atoms with Crippen LogP contribution in [-0.4, -0.2) is 23.5 Å². The molecule has 0 bridgehead atoms. The predicted molar refractivity (Wildman–Crippen MR) is 87.0 cm³/mol. The second kappa shape index (κ2) is 7.75. The first-order valence-corrected chi connectivity index (χ1v) is 8.00. The van der Waals surface area contributed by atoms with Crippen molar-refractivity contribution in [3.05, 3.63) is 57.8 Å². The van der Waals surface area contributed by atoms with Crippen LogP contribution in [0.2, 0.25) is 0 Å². The molecule has 5 heteroatoms. The van der Waals surface area contributed by atoms with Gasteiger partial charge in [-0.2, -0.15) is 0 Å². The summed E-state index contributed by atoms with van der Waals surface area (Å²) in [7, 11) is 0. The maximum Gasteiger partial charge on any atom is 0.308 e. The molecule has 0 radical (unpaired) electrons. The van der Waals surface area contributed by atoms with Gasteiger partial charge in [-0.05, 0) is 30.4 Å². The Morgan fingerprint density at radius 3 is 2.55 bits per heavy atom. The van der Waals surface area contributed by atoms with Gasteiger partial charge >= 0.3 is 5.97 Å². The second-order valence-electron chi connectivity index (χ2n) is 5.29. The smallest absolute Gasteiger partial charge is 0.308 e. The highest BCUT2D eigenvalue weighted by atomic mass is 32.1. The van der Waals surface area contributed by atoms with Gasteiger partial charge < -0.3 is 10.4 Å². The number of carbonyl (C=O) groups is 2. The second-order valence-corrected chi connectivity index (χ2v) is 6.32. The van der Waals surface area contributed by atoms with Gasteiger partial charge in [0.1, 0.15) is 0 Å². The number of rotatable bonds is 7. The summed E-state index contributed by atoms with van der Waals surface area (Å²) in [5.41, 5.74) is 2.10. The van der Waals surface area contributed by atoms with Gasteiger partial charge in [-0.15, -0.1) is 11.3 Å². The topological polar surface area (TPSA) is 66.4 Å². The Morgan fingerprint density at radius 2 is 1.95 bits per heavy atom. The molecule has 2 N–H and O–H groups in total. The Balaban J connectivity index is 1.87. The van der Waals surface area contributed by atoms with Crippen LogP contribution < -0.4 is 5.32 Å². The lowest BCUT2D eigenvalue weighted by Crippen LogP contribution is -2.34. The van der Waals surface area contributed by atoms with Crippen molar-refractivity contribution in [3.63, 3.8) is 0 Å². The lowest BCUT2D eigenvalue weighted by atomic mass is 9.98. The van der Waals surface area contributed by atoms with Crippen molar-refractivity contribution in [1.82, 2.24) is 5.32 Å². The van der Waals surface area contributed by atoms with E-state index in [0.717, 1.165) is 16.0 Å². The standard InChI is InChI=1S/C17H19NO3S/c1-12-4-6-13(7-5-12)9-14(17(20)21)11-18-16(19)10-15-3-2-8-22-15/h2-8,14H,9-11H2,1H3,(H,18,19)(H,20,21). The van der Waals surface area contributed by atoms with E-state index in [-0.39, 0.29) is 12.5 Å². The van der Waals surface area contributed by atoms with E-state index in [9.17, 15) is 14.7 Å². The van der Waals surface area contributed by atoms with E-state index in [1.165, 1.54) is 11.3 Å². The summed E-state index contributed by atoms with van der Waals surface area (Å²) in [5.74, 6) is -1.65. The summed E-state index contributed by atoms with van der Waals surface area (Å²) in [5, 5.41) is 13.9. The van der Waals surface area contributed by atoms with E-state index >= 15 is 0 Å². The largest absolute Gasteiger partial charge is 0.481 e. The van der Waals surface area contributed by atoms with E-state index in [1.54, 1.807) is 0 Å². The highest BCUT2D eigenvalue weighted by Crippen LogP contribution is 2.11. The van der Waals surface area contributed by atoms with Crippen LogP contribution in [0.1, 0.15) is 16.0 Å². The molecular formula is C17H19NO3S. The van der Waals surface area contributed by atoms with Crippen LogP contribution in [-0.2, 0) is 22.4 Å². The number of carbonyl (C=O) groups excluding carboxylic acids is 1. The Hall–Kier alpha value is -2.14. The molecule has 1 aromatic carbocycles. The van der Waals surface area contributed by atoms with Crippen LogP contribution in [0.4, 0.5) is 0 Å². The van der Waals surface area contributed by atoms with Crippen LogP contribution in [0.25, 0.3) is 0 Å². The monoisotopic (exact) mass is 317 g/mol. The van der Waals surface area contributed by atoms with Crippen molar-refractivity contribution in [3.8, 4) is 0 Å². The number of aliphatic carboxylic acids is 1. The fraction of sp³-hybridized carbons (Fsp3) is 0.294. The van der Waals surface area contributed by atoms with Crippen molar-refractivity contribution in [2.24, 2.45) is 5.92 Å². The molecule has 2 rings (SSSR count). The van der Waals surface area contributed by atoms with E-state index in [0.29, 0.717) is 12.8 Å². The Morgan fingerprint density at radius 1 is 1.23 bits per heavy atom. The van der Waals surface area contributed by atoms with E-state index in [4.69, 9.17) is 0 Å². The lowest BCUT2D eigenvalue weighted by Gasteiger charge is -2.13. The number of thiophene rings is 1. The van der Waals surface area contributed by atoms with Gasteiger partial charge in [0.2, 0.25) is 5.91 Å². The minimum absolute atomic E-state index is 0.141. The molecule has 1 amide bonds. The number of hydrogen-bond acceptors (Lipinski definition) is 3.